The van der Waals surface area contributed by atoms with E-state index in [1.165, 1.54) is 5.56 Å². The number of hydrogen-bond donors (Lipinski definition) is 0. The number of para-hydroxylation sites is 1. The number of amides is 1. The number of benzene rings is 1. The maximum atomic E-state index is 12.3. The maximum absolute atomic E-state index is 12.3. The first kappa shape index (κ1) is 13.4. The molecule has 2 nitrogen and oxygen atoms in total. The lowest BCUT2D eigenvalue weighted by molar-refractivity contribution is -0.119. The molecule has 0 aromatic heterocycles. The summed E-state index contributed by atoms with van der Waals surface area (Å²) in [7, 11) is 0. The van der Waals surface area contributed by atoms with Crippen molar-refractivity contribution in [1.82, 2.24) is 0 Å². The number of rotatable bonds is 2. The molecule has 1 aromatic rings. The van der Waals surface area contributed by atoms with E-state index in [2.05, 4.69) is 26.8 Å². The molecule has 18 heavy (non-hydrogen) atoms. The summed E-state index contributed by atoms with van der Waals surface area (Å²) in [6.07, 6.45) is 1.38. The zero-order valence-electron chi connectivity index (χ0n) is 11.2. The van der Waals surface area contributed by atoms with Crippen LogP contribution in [0.3, 0.4) is 0 Å². The first-order chi connectivity index (χ1) is 8.47. The van der Waals surface area contributed by atoms with Crippen LogP contribution < -0.4 is 4.90 Å². The lowest BCUT2D eigenvalue weighted by Crippen LogP contribution is -2.51. The number of carbonyl (C=O) groups is 1. The molecule has 3 heteroatoms. The van der Waals surface area contributed by atoms with Crippen LogP contribution in [0, 0.1) is 0 Å². The molecule has 0 saturated heterocycles. The molecule has 0 saturated carbocycles. The second-order valence-electron chi connectivity index (χ2n) is 5.64. The zero-order chi connectivity index (χ0) is 13.3. The summed E-state index contributed by atoms with van der Waals surface area (Å²) in [4.78, 5) is 14.3. The fourth-order valence-corrected chi connectivity index (χ4v) is 3.21. The van der Waals surface area contributed by atoms with Crippen LogP contribution in [0.2, 0.25) is 0 Å². The van der Waals surface area contributed by atoms with Crippen molar-refractivity contribution in [3.8, 4) is 0 Å². The molecule has 1 atom stereocenters. The van der Waals surface area contributed by atoms with Crippen LogP contribution >= 0.6 is 11.6 Å². The summed E-state index contributed by atoms with van der Waals surface area (Å²) in [6.45, 7) is 6.49. The molecule has 1 aromatic carbocycles. The Kier molecular flexibility index (Phi) is 3.67. The topological polar surface area (TPSA) is 20.3 Å². The van der Waals surface area contributed by atoms with E-state index in [0.29, 0.717) is 18.2 Å². The van der Waals surface area contributed by atoms with Crippen molar-refractivity contribution < 1.29 is 4.79 Å². The number of anilines is 1. The van der Waals surface area contributed by atoms with Crippen molar-refractivity contribution in [3.05, 3.63) is 29.8 Å². The molecule has 0 bridgehead atoms. The SMILES string of the molecule is CC1CC(C)(C)N(C(=O)CCCl)c2ccccc21. The van der Waals surface area contributed by atoms with Crippen molar-refractivity contribution in [2.24, 2.45) is 0 Å². The predicted octanol–water partition coefficient (Wildman–Crippen LogP) is 3.93. The first-order valence-corrected chi connectivity index (χ1v) is 6.99. The van der Waals surface area contributed by atoms with Gasteiger partial charge in [-0.05, 0) is 37.8 Å². The van der Waals surface area contributed by atoms with Gasteiger partial charge in [-0.2, -0.15) is 0 Å². The standard InChI is InChI=1S/C15H20ClNO/c1-11-10-15(2,3)17(14(18)8-9-16)13-7-5-4-6-12(11)13/h4-7,11H,8-10H2,1-3H3. The second kappa shape index (κ2) is 4.93. The third-order valence-electron chi connectivity index (χ3n) is 3.68. The average molecular weight is 266 g/mol. The van der Waals surface area contributed by atoms with Crippen LogP contribution in [0.15, 0.2) is 24.3 Å². The highest BCUT2D eigenvalue weighted by Gasteiger charge is 2.39. The highest BCUT2D eigenvalue weighted by atomic mass is 35.5. The molecular formula is C15H20ClNO. The molecule has 1 heterocycles. The first-order valence-electron chi connectivity index (χ1n) is 6.45. The van der Waals surface area contributed by atoms with Crippen molar-refractivity contribution in [2.45, 2.75) is 45.1 Å². The third-order valence-corrected chi connectivity index (χ3v) is 3.87. The lowest BCUT2D eigenvalue weighted by Gasteiger charge is -2.46. The number of nitrogens with zero attached hydrogens (tertiary/aromatic N) is 1. The molecule has 1 unspecified atom stereocenters. The van der Waals surface area contributed by atoms with E-state index in [-0.39, 0.29) is 11.4 Å². The molecule has 0 N–H and O–H groups in total. The Morgan fingerprint density at radius 3 is 2.78 bits per heavy atom. The van der Waals surface area contributed by atoms with Crippen molar-refractivity contribution in [2.75, 3.05) is 10.8 Å². The van der Waals surface area contributed by atoms with E-state index in [0.717, 1.165) is 12.1 Å². The Hall–Kier alpha value is -1.02. The average Bonchev–Trinajstić information content (AvgIpc) is 2.28. The van der Waals surface area contributed by atoms with Gasteiger partial charge in [-0.15, -0.1) is 11.6 Å². The Morgan fingerprint density at radius 2 is 2.11 bits per heavy atom. The van der Waals surface area contributed by atoms with Crippen LogP contribution in [0.5, 0.6) is 0 Å². The Morgan fingerprint density at radius 1 is 1.44 bits per heavy atom. The molecular weight excluding hydrogens is 246 g/mol. The highest BCUT2D eigenvalue weighted by molar-refractivity contribution is 6.19. The van der Waals surface area contributed by atoms with E-state index in [4.69, 9.17) is 11.6 Å². The van der Waals surface area contributed by atoms with Crippen molar-refractivity contribution in [3.63, 3.8) is 0 Å². The maximum Gasteiger partial charge on any atom is 0.228 e. The molecule has 1 aliphatic rings. The van der Waals surface area contributed by atoms with Crippen LogP contribution in [0.4, 0.5) is 5.69 Å². The zero-order valence-corrected chi connectivity index (χ0v) is 12.0. The van der Waals surface area contributed by atoms with E-state index in [1.807, 2.05) is 23.1 Å². The van der Waals surface area contributed by atoms with Gasteiger partial charge >= 0.3 is 0 Å². The van der Waals surface area contributed by atoms with Gasteiger partial charge in [-0.25, -0.2) is 0 Å². The van der Waals surface area contributed by atoms with Gasteiger partial charge in [0.25, 0.3) is 0 Å². The van der Waals surface area contributed by atoms with Gasteiger partial charge in [0.2, 0.25) is 5.91 Å². The van der Waals surface area contributed by atoms with E-state index >= 15 is 0 Å². The molecule has 1 amide bonds. The highest BCUT2D eigenvalue weighted by Crippen LogP contribution is 2.43. The number of fused-ring (bicyclic) bond motifs is 1. The molecule has 0 fully saturated rings. The quantitative estimate of drug-likeness (QED) is 0.742. The molecule has 2 rings (SSSR count). The van der Waals surface area contributed by atoms with Crippen LogP contribution in [-0.4, -0.2) is 17.3 Å². The normalized spacial score (nSPS) is 21.6. The summed E-state index contributed by atoms with van der Waals surface area (Å²) in [5.41, 5.74) is 2.17. The van der Waals surface area contributed by atoms with Gasteiger partial charge in [0.1, 0.15) is 0 Å². The summed E-state index contributed by atoms with van der Waals surface area (Å²) >= 11 is 5.72. The Balaban J connectivity index is 2.48. The minimum Gasteiger partial charge on any atom is -0.307 e. The minimum absolute atomic E-state index is 0.120. The molecule has 0 radical (unpaired) electrons. The fourth-order valence-electron chi connectivity index (χ4n) is 3.05. The van der Waals surface area contributed by atoms with Crippen molar-refractivity contribution >= 4 is 23.2 Å². The summed E-state index contributed by atoms with van der Waals surface area (Å²) in [5, 5.41) is 0. The summed E-state index contributed by atoms with van der Waals surface area (Å²) < 4.78 is 0. The van der Waals surface area contributed by atoms with Gasteiger partial charge in [0, 0.05) is 23.5 Å². The van der Waals surface area contributed by atoms with E-state index in [9.17, 15) is 4.79 Å². The minimum atomic E-state index is -0.142. The van der Waals surface area contributed by atoms with Crippen LogP contribution in [-0.2, 0) is 4.79 Å². The molecule has 98 valence electrons. The molecule has 0 aliphatic carbocycles. The third kappa shape index (κ3) is 2.26. The van der Waals surface area contributed by atoms with Crippen LogP contribution in [0.25, 0.3) is 0 Å². The van der Waals surface area contributed by atoms with Gasteiger partial charge in [0.15, 0.2) is 0 Å². The summed E-state index contributed by atoms with van der Waals surface area (Å²) in [5.74, 6) is 0.981. The number of carbonyl (C=O) groups excluding carboxylic acids is 1. The Bertz CT molecular complexity index is 456. The summed E-state index contributed by atoms with van der Waals surface area (Å²) in [6, 6.07) is 8.20. The van der Waals surface area contributed by atoms with Gasteiger partial charge < -0.3 is 4.90 Å². The monoisotopic (exact) mass is 265 g/mol. The second-order valence-corrected chi connectivity index (χ2v) is 6.02. The predicted molar refractivity (Wildman–Crippen MR) is 76.4 cm³/mol. The number of hydrogen-bond acceptors (Lipinski definition) is 1. The largest absolute Gasteiger partial charge is 0.307 e. The molecule has 1 aliphatic heterocycles. The molecule has 0 spiro atoms. The van der Waals surface area contributed by atoms with Crippen LogP contribution in [0.1, 0.15) is 45.1 Å². The van der Waals surface area contributed by atoms with Crippen molar-refractivity contribution in [1.29, 1.82) is 0 Å². The fraction of sp³-hybridized carbons (Fsp3) is 0.533. The van der Waals surface area contributed by atoms with E-state index < -0.39 is 0 Å². The lowest BCUT2D eigenvalue weighted by atomic mass is 9.80. The number of alkyl halides is 1. The van der Waals surface area contributed by atoms with Gasteiger partial charge in [0.05, 0.1) is 0 Å². The smallest absolute Gasteiger partial charge is 0.228 e. The van der Waals surface area contributed by atoms with Gasteiger partial charge in [-0.1, -0.05) is 25.1 Å². The van der Waals surface area contributed by atoms with Gasteiger partial charge in [-0.3, -0.25) is 4.79 Å². The number of halogens is 1. The van der Waals surface area contributed by atoms with E-state index in [1.54, 1.807) is 0 Å². The Labute approximate surface area is 114 Å².